The second kappa shape index (κ2) is 5.76. The van der Waals surface area contributed by atoms with Gasteiger partial charge >= 0.3 is 0 Å². The van der Waals surface area contributed by atoms with Crippen molar-refractivity contribution in [3.05, 3.63) is 28.2 Å². The molecule has 1 N–H and O–H groups in total. The smallest absolute Gasteiger partial charge is 0.0718 e. The van der Waals surface area contributed by atoms with Crippen molar-refractivity contribution in [3.8, 4) is 0 Å². The number of nitrogens with one attached hydrogen (secondary N) is 1. The minimum Gasteiger partial charge on any atom is -0.383 e. The van der Waals surface area contributed by atoms with Crippen molar-refractivity contribution in [3.63, 3.8) is 0 Å². The molecule has 0 amide bonds. The summed E-state index contributed by atoms with van der Waals surface area (Å²) in [6.45, 7) is 1.74. The summed E-state index contributed by atoms with van der Waals surface area (Å²) in [5.74, 6) is 0. The molecule has 1 heterocycles. The maximum atomic E-state index is 6.05. The van der Waals surface area contributed by atoms with Crippen LogP contribution >= 0.6 is 23.2 Å². The lowest BCUT2D eigenvalue weighted by Crippen LogP contribution is -2.12. The van der Waals surface area contributed by atoms with Gasteiger partial charge in [0.25, 0.3) is 0 Å². The van der Waals surface area contributed by atoms with Gasteiger partial charge in [-0.1, -0.05) is 29.3 Å². The molecule has 1 atom stereocenters. The minimum atomic E-state index is 0.397. The van der Waals surface area contributed by atoms with Crippen molar-refractivity contribution < 1.29 is 4.74 Å². The maximum Gasteiger partial charge on any atom is 0.0718 e. The van der Waals surface area contributed by atoms with Crippen LogP contribution in [0.15, 0.2) is 18.2 Å². The van der Waals surface area contributed by atoms with Crippen molar-refractivity contribution in [1.82, 2.24) is 0 Å². The molecule has 2 rings (SSSR count). The predicted molar refractivity (Wildman–Crippen MR) is 68.5 cm³/mol. The Kier molecular flexibility index (Phi) is 4.33. The van der Waals surface area contributed by atoms with Gasteiger partial charge in [-0.25, -0.2) is 0 Å². The van der Waals surface area contributed by atoms with Gasteiger partial charge in [-0.3, -0.25) is 0 Å². The van der Waals surface area contributed by atoms with Crippen molar-refractivity contribution >= 4 is 28.9 Å². The summed E-state index contributed by atoms with van der Waals surface area (Å²) < 4.78 is 5.55. The van der Waals surface area contributed by atoms with Crippen LogP contribution in [0.3, 0.4) is 0 Å². The van der Waals surface area contributed by atoms with Crippen LogP contribution in [-0.4, -0.2) is 19.3 Å². The van der Waals surface area contributed by atoms with Gasteiger partial charge in [0.1, 0.15) is 0 Å². The fraction of sp³-hybridized carbons (Fsp3) is 0.500. The molecule has 0 spiro atoms. The van der Waals surface area contributed by atoms with E-state index in [9.17, 15) is 0 Å². The first-order valence-electron chi connectivity index (χ1n) is 5.57. The first-order chi connectivity index (χ1) is 7.77. The maximum absolute atomic E-state index is 6.05. The zero-order chi connectivity index (χ0) is 11.4. The highest BCUT2D eigenvalue weighted by atomic mass is 35.5. The van der Waals surface area contributed by atoms with Crippen LogP contribution in [0.4, 0.5) is 5.69 Å². The minimum absolute atomic E-state index is 0.397. The molecule has 1 aromatic carbocycles. The van der Waals surface area contributed by atoms with Gasteiger partial charge in [-0.15, -0.1) is 0 Å². The van der Waals surface area contributed by atoms with E-state index in [1.54, 1.807) is 0 Å². The molecule has 1 unspecified atom stereocenters. The first-order valence-corrected chi connectivity index (χ1v) is 6.32. The zero-order valence-electron chi connectivity index (χ0n) is 9.01. The van der Waals surface area contributed by atoms with E-state index in [0.29, 0.717) is 16.1 Å². The number of hydrogen-bond donors (Lipinski definition) is 1. The fourth-order valence-electron chi connectivity index (χ4n) is 1.90. The van der Waals surface area contributed by atoms with Crippen molar-refractivity contribution in [2.45, 2.75) is 25.4 Å². The lowest BCUT2D eigenvalue weighted by atomic mass is 10.2. The monoisotopic (exact) mass is 259 g/mol. The molecular weight excluding hydrogens is 245 g/mol. The highest BCUT2D eigenvalue weighted by Crippen LogP contribution is 2.29. The summed E-state index contributed by atoms with van der Waals surface area (Å²) in [5, 5.41) is 4.60. The summed E-state index contributed by atoms with van der Waals surface area (Å²) in [5.41, 5.74) is 0.823. The second-order valence-electron chi connectivity index (χ2n) is 3.95. The van der Waals surface area contributed by atoms with E-state index >= 15 is 0 Å². The molecule has 0 bridgehead atoms. The van der Waals surface area contributed by atoms with Crippen LogP contribution in [-0.2, 0) is 4.74 Å². The number of ether oxygens (including phenoxy) is 1. The van der Waals surface area contributed by atoms with Gasteiger partial charge in [-0.2, -0.15) is 0 Å². The van der Waals surface area contributed by atoms with E-state index in [0.717, 1.165) is 31.7 Å². The van der Waals surface area contributed by atoms with E-state index < -0.39 is 0 Å². The number of rotatable bonds is 4. The molecule has 1 aliphatic rings. The van der Waals surface area contributed by atoms with Gasteiger partial charge in [0.2, 0.25) is 0 Å². The Bertz CT molecular complexity index is 331. The van der Waals surface area contributed by atoms with E-state index in [1.165, 1.54) is 6.42 Å². The Labute approximate surface area is 106 Å². The van der Waals surface area contributed by atoms with Crippen LogP contribution < -0.4 is 5.32 Å². The molecule has 1 aliphatic heterocycles. The molecule has 1 fully saturated rings. The van der Waals surface area contributed by atoms with Gasteiger partial charge < -0.3 is 10.1 Å². The number of hydrogen-bond acceptors (Lipinski definition) is 2. The van der Waals surface area contributed by atoms with Crippen molar-refractivity contribution in [1.29, 1.82) is 0 Å². The number of para-hydroxylation sites is 1. The Hall–Kier alpha value is -0.440. The number of halogens is 2. The van der Waals surface area contributed by atoms with Gasteiger partial charge in [0.15, 0.2) is 0 Å². The molecule has 2 nitrogen and oxygen atoms in total. The molecule has 16 heavy (non-hydrogen) atoms. The molecule has 0 aliphatic carbocycles. The zero-order valence-corrected chi connectivity index (χ0v) is 10.5. The molecule has 1 saturated heterocycles. The predicted octanol–water partition coefficient (Wildman–Crippen LogP) is 3.97. The highest BCUT2D eigenvalue weighted by Gasteiger charge is 2.15. The third-order valence-corrected chi connectivity index (χ3v) is 3.38. The third-order valence-electron chi connectivity index (χ3n) is 2.75. The summed E-state index contributed by atoms with van der Waals surface area (Å²) >= 11 is 12.1. The first kappa shape index (κ1) is 12.0. The van der Waals surface area contributed by atoms with E-state index in [-0.39, 0.29) is 0 Å². The summed E-state index contributed by atoms with van der Waals surface area (Å²) in [7, 11) is 0. The Morgan fingerprint density at radius 2 is 2.06 bits per heavy atom. The van der Waals surface area contributed by atoms with Gasteiger partial charge in [-0.05, 0) is 31.4 Å². The summed E-state index contributed by atoms with van der Waals surface area (Å²) in [4.78, 5) is 0. The van der Waals surface area contributed by atoms with E-state index in [2.05, 4.69) is 5.32 Å². The second-order valence-corrected chi connectivity index (χ2v) is 4.76. The Morgan fingerprint density at radius 3 is 2.69 bits per heavy atom. The molecule has 4 heteroatoms. The molecule has 88 valence electrons. The normalized spacial score (nSPS) is 20.0. The van der Waals surface area contributed by atoms with Gasteiger partial charge in [0, 0.05) is 13.2 Å². The van der Waals surface area contributed by atoms with Crippen molar-refractivity contribution in [2.24, 2.45) is 0 Å². The lowest BCUT2D eigenvalue weighted by Gasteiger charge is -2.13. The third kappa shape index (κ3) is 3.03. The van der Waals surface area contributed by atoms with Crippen LogP contribution in [0.5, 0.6) is 0 Å². The lowest BCUT2D eigenvalue weighted by molar-refractivity contribution is 0.107. The average Bonchev–Trinajstić information content (AvgIpc) is 2.75. The molecule has 1 aromatic rings. The largest absolute Gasteiger partial charge is 0.383 e. The quantitative estimate of drug-likeness (QED) is 0.884. The molecule has 0 aromatic heterocycles. The standard InChI is InChI=1S/C12H15Cl2NO/c13-10-4-1-5-11(14)12(10)15-7-6-9-3-2-8-16-9/h1,4-5,9,15H,2-3,6-8H2. The molecule has 0 saturated carbocycles. The van der Waals surface area contributed by atoms with Crippen LogP contribution in [0.1, 0.15) is 19.3 Å². The number of benzene rings is 1. The van der Waals surface area contributed by atoms with Crippen LogP contribution in [0.2, 0.25) is 10.0 Å². The summed E-state index contributed by atoms with van der Waals surface area (Å²) in [6.07, 6.45) is 3.74. The molecular formula is C12H15Cl2NO. The fourth-order valence-corrected chi connectivity index (χ4v) is 2.43. The number of anilines is 1. The summed E-state index contributed by atoms with van der Waals surface area (Å²) in [6, 6.07) is 5.51. The SMILES string of the molecule is Clc1cccc(Cl)c1NCCC1CCCO1. The molecule has 0 radical (unpaired) electrons. The highest BCUT2D eigenvalue weighted by molar-refractivity contribution is 6.39. The topological polar surface area (TPSA) is 21.3 Å². The van der Waals surface area contributed by atoms with Crippen LogP contribution in [0.25, 0.3) is 0 Å². The average molecular weight is 260 g/mol. The van der Waals surface area contributed by atoms with E-state index in [1.807, 2.05) is 18.2 Å². The Balaban J connectivity index is 1.84. The Morgan fingerprint density at radius 1 is 1.31 bits per heavy atom. The van der Waals surface area contributed by atoms with Crippen molar-refractivity contribution in [2.75, 3.05) is 18.5 Å². The van der Waals surface area contributed by atoms with Crippen LogP contribution in [0, 0.1) is 0 Å². The van der Waals surface area contributed by atoms with Gasteiger partial charge in [0.05, 0.1) is 21.8 Å². The van der Waals surface area contributed by atoms with E-state index in [4.69, 9.17) is 27.9 Å².